The van der Waals surface area contributed by atoms with Crippen LogP contribution in [0.3, 0.4) is 0 Å². The molecule has 0 aromatic heterocycles. The molecule has 4 aliphatic heterocycles. The first-order valence-electron chi connectivity index (χ1n) is 38.3. The summed E-state index contributed by atoms with van der Waals surface area (Å²) < 4.78 is 68.3. The number of ketones is 4. The largest absolute Gasteiger partial charge is 0.507 e. The number of carbonyl (C=O) groups excluding carboxylic acids is 12. The Labute approximate surface area is 661 Å². The Hall–Kier alpha value is -9.34. The molecule has 2 aliphatic carbocycles. The number of benzene rings is 3. The monoisotopic (exact) mass is 1600 g/mol. The van der Waals surface area contributed by atoms with Gasteiger partial charge in [0, 0.05) is 146 Å². The fourth-order valence-corrected chi connectivity index (χ4v) is 14.0. The molecule has 3 aromatic rings. The number of aromatic hydroxyl groups is 2. The van der Waals surface area contributed by atoms with E-state index in [1.54, 1.807) is 52.0 Å². The van der Waals surface area contributed by atoms with Crippen molar-refractivity contribution in [3.05, 3.63) is 81.4 Å². The summed E-state index contributed by atoms with van der Waals surface area (Å²) in [5, 5.41) is 47.2. The SMILES string of the molecule is CCC(=O)[C@@H](NC(=O)CCOCCOCCOCCOCCNC(=O)CCN1C(=O)CC(C)C1=O)C(C)C.COc1cccc2c1C(=O)c1c(O)c3c(c(O)c1C2=O)C[C@@](O)(C(=O)COC(=O)N(C)CCN(C)C(=O)OCc1ccc(NC(=O)[C@@H](C)CCCNC(N)=O)cc1)C[C@@H]3O[C@H]1C[C@H]2[C@H](O[C@@H]3[C@@H](OC)OCCN32)[C@H](C)O1. The third-order valence-corrected chi connectivity index (χ3v) is 20.4. The number of aliphatic hydroxyl groups is 1. The number of nitrogens with zero attached hydrogens (tertiary/aromatic N) is 4. The highest BCUT2D eigenvalue weighted by Gasteiger charge is 2.56. The van der Waals surface area contributed by atoms with Gasteiger partial charge in [-0.05, 0) is 49.4 Å². The van der Waals surface area contributed by atoms with E-state index >= 15 is 0 Å². The second-order valence-corrected chi connectivity index (χ2v) is 29.0. The van der Waals surface area contributed by atoms with Gasteiger partial charge in [-0.15, -0.1) is 0 Å². The fourth-order valence-electron chi connectivity index (χ4n) is 14.0. The summed E-state index contributed by atoms with van der Waals surface area (Å²) in [6.07, 6.45) is -5.45. The number of imide groups is 1. The second-order valence-electron chi connectivity index (χ2n) is 29.0. The quantitative estimate of drug-likeness (QED) is 0.0179. The number of carbonyl (C=O) groups is 12. The van der Waals surface area contributed by atoms with Crippen LogP contribution in [0.2, 0.25) is 0 Å². The molecule has 0 bridgehead atoms. The zero-order valence-electron chi connectivity index (χ0n) is 66.3. The van der Waals surface area contributed by atoms with Crippen LogP contribution in [0.1, 0.15) is 148 Å². The molecule has 6 aliphatic rings. The summed E-state index contributed by atoms with van der Waals surface area (Å²) in [5.41, 5.74) is 2.16. The minimum Gasteiger partial charge on any atom is -0.507 e. The number of nitrogens with one attached hydrogen (secondary N) is 4. The molecule has 4 saturated heterocycles. The number of urea groups is 1. The van der Waals surface area contributed by atoms with Crippen molar-refractivity contribution in [2.75, 3.05) is 139 Å². The maximum absolute atomic E-state index is 14.3. The Kier molecular flexibility index (Phi) is 33.9. The van der Waals surface area contributed by atoms with E-state index in [4.69, 9.17) is 62.6 Å². The number of morpholine rings is 1. The maximum Gasteiger partial charge on any atom is 0.409 e. The molecule has 9 N–H and O–H groups in total. The molecular formula is C78H109N9O27. The van der Waals surface area contributed by atoms with Crippen LogP contribution in [-0.4, -0.2) is 288 Å². The van der Waals surface area contributed by atoms with Crippen molar-refractivity contribution < 1.29 is 130 Å². The van der Waals surface area contributed by atoms with Crippen LogP contribution in [0.15, 0.2) is 42.5 Å². The number of ether oxygens (including phenoxy) is 12. The Morgan fingerprint density at radius 2 is 1.41 bits per heavy atom. The number of likely N-dealkylation sites (N-methyl/N-ethyl adjacent to an activating group) is 2. The molecule has 36 nitrogen and oxygen atoms in total. The van der Waals surface area contributed by atoms with Crippen molar-refractivity contribution in [2.24, 2.45) is 23.5 Å². The van der Waals surface area contributed by atoms with Crippen LogP contribution in [0, 0.1) is 17.8 Å². The van der Waals surface area contributed by atoms with Crippen molar-refractivity contribution >= 4 is 76.6 Å². The van der Waals surface area contributed by atoms with Gasteiger partial charge in [-0.25, -0.2) is 14.4 Å². The van der Waals surface area contributed by atoms with Crippen molar-refractivity contribution in [3.8, 4) is 17.2 Å². The lowest BCUT2D eigenvalue weighted by molar-refractivity contribution is -0.256. The molecule has 0 spiro atoms. The van der Waals surface area contributed by atoms with E-state index in [0.29, 0.717) is 103 Å². The molecule has 1 unspecified atom stereocenters. The standard InChI is InChI=1S/C52H64N6O18.C26H45N3O9/c1-26(9-8-16-54-49(53)65)46(64)55-29-14-12-28(13-15-29)24-72-50(66)56(3)17-18-57(4)51(67)73-25-35(59)52(68)22-31-38(44(63)40-39(42(31)61)41(60)30-10-7-11-33(69-5)37(30)43(40)62)34(23-52)75-36-21-32-45(27(2)74-36)76-47-48(70-6)71-20-19-58(32)47;1-5-21(30)25(19(2)3)28-23(32)7-10-35-12-14-37-16-17-38-15-13-36-11-8-27-22(31)6-9-29-24(33)18-20(4)26(29)34/h7,10-15,26-27,32,34,36,45,47-48,61,63,68H,8-9,16-25H2,1-6H3,(H,55,64)(H3,53,54,65);19-20,25H,5-18H2,1-4H3,(H,27,31)(H,28,32)/t26-,27-,32-,34-,36-,45+,47+,48-,52-;20?,25-/m00/s1. The second kappa shape index (κ2) is 42.9. The Morgan fingerprint density at radius 1 is 0.763 bits per heavy atom. The fraction of sp³-hybridized carbons (Fsp3) is 0.615. The molecule has 628 valence electrons. The number of likely N-dealkylation sites (tertiary alicyclic amines) is 1. The smallest absolute Gasteiger partial charge is 0.409 e. The number of hydrogen-bond acceptors (Lipinski definition) is 28. The summed E-state index contributed by atoms with van der Waals surface area (Å²) in [4.78, 5) is 157. The highest BCUT2D eigenvalue weighted by atomic mass is 16.7. The van der Waals surface area contributed by atoms with Crippen LogP contribution in [-0.2, 0) is 98.7 Å². The molecule has 0 saturated carbocycles. The van der Waals surface area contributed by atoms with E-state index in [1.165, 1.54) is 51.4 Å². The lowest BCUT2D eigenvalue weighted by Crippen LogP contribution is -2.55. The number of anilines is 1. The molecule has 9 rings (SSSR count). The van der Waals surface area contributed by atoms with Crippen molar-refractivity contribution in [2.45, 2.75) is 161 Å². The first-order valence-corrected chi connectivity index (χ1v) is 38.3. The normalized spacial score (nSPS) is 22.0. The van der Waals surface area contributed by atoms with E-state index in [0.717, 1.165) is 9.80 Å². The number of amides is 9. The number of Topliss-reactive ketones (excluding diaryl/α,β-unsaturated/α-hetero) is 2. The molecular weight excluding hydrogens is 1490 g/mol. The highest BCUT2D eigenvalue weighted by Crippen LogP contribution is 2.53. The summed E-state index contributed by atoms with van der Waals surface area (Å²) in [6.45, 7) is 14.3. The van der Waals surface area contributed by atoms with Crippen molar-refractivity contribution in [1.82, 2.24) is 35.6 Å². The van der Waals surface area contributed by atoms with E-state index in [1.807, 2.05) is 13.8 Å². The van der Waals surface area contributed by atoms with Gasteiger partial charge in [0.15, 0.2) is 37.0 Å². The van der Waals surface area contributed by atoms with Crippen LogP contribution in [0.5, 0.6) is 17.2 Å². The van der Waals surface area contributed by atoms with Crippen LogP contribution in [0.4, 0.5) is 20.1 Å². The highest BCUT2D eigenvalue weighted by molar-refractivity contribution is 6.31. The van der Waals surface area contributed by atoms with E-state index in [2.05, 4.69) is 26.2 Å². The van der Waals surface area contributed by atoms with Gasteiger partial charge in [-0.1, -0.05) is 58.9 Å². The number of phenolic OH excluding ortho intramolecular Hbond substituents is 2. The lowest BCUT2D eigenvalue weighted by atomic mass is 9.72. The van der Waals surface area contributed by atoms with Gasteiger partial charge in [0.05, 0.1) is 102 Å². The third kappa shape index (κ3) is 23.7. The number of nitrogens with two attached hydrogens (primary N) is 1. The minimum atomic E-state index is -2.44. The van der Waals surface area contributed by atoms with Gasteiger partial charge in [-0.2, -0.15) is 0 Å². The molecule has 114 heavy (non-hydrogen) atoms. The van der Waals surface area contributed by atoms with E-state index < -0.39 is 126 Å². The maximum atomic E-state index is 14.3. The molecule has 36 heteroatoms. The number of hydrogen-bond donors (Lipinski definition) is 8. The first kappa shape index (κ1) is 90.2. The predicted octanol–water partition coefficient (Wildman–Crippen LogP) is 3.54. The van der Waals surface area contributed by atoms with E-state index in [-0.39, 0.29) is 146 Å². The van der Waals surface area contributed by atoms with Gasteiger partial charge >= 0.3 is 18.2 Å². The average molecular weight is 1600 g/mol. The van der Waals surface area contributed by atoms with E-state index in [9.17, 15) is 72.9 Å². The molecule has 11 atom stereocenters. The number of methoxy groups -OCH3 is 2. The van der Waals surface area contributed by atoms with Crippen LogP contribution in [0.25, 0.3) is 0 Å². The summed E-state index contributed by atoms with van der Waals surface area (Å²) >= 11 is 0. The summed E-state index contributed by atoms with van der Waals surface area (Å²) in [6, 6.07) is 9.72. The number of rotatable bonds is 40. The number of phenols is 2. The van der Waals surface area contributed by atoms with Gasteiger partial charge in [0.2, 0.25) is 41.1 Å². The predicted molar refractivity (Wildman–Crippen MR) is 403 cm³/mol. The zero-order valence-corrected chi connectivity index (χ0v) is 66.3. The minimum absolute atomic E-state index is 0.0137. The topological polar surface area (TPSA) is 463 Å². The lowest BCUT2D eigenvalue weighted by Gasteiger charge is -2.43. The van der Waals surface area contributed by atoms with Gasteiger partial charge in [0.25, 0.3) is 0 Å². The third-order valence-electron chi connectivity index (χ3n) is 20.4. The summed E-state index contributed by atoms with van der Waals surface area (Å²) in [7, 11) is 5.67. The summed E-state index contributed by atoms with van der Waals surface area (Å²) in [5.74, 6) is -5.66. The number of fused-ring (bicyclic) bond motifs is 6. The first-order chi connectivity index (χ1) is 54.4. The van der Waals surface area contributed by atoms with Crippen LogP contribution < -0.4 is 31.7 Å². The Morgan fingerprint density at radius 3 is 2.04 bits per heavy atom. The average Bonchev–Trinajstić information content (AvgIpc) is 1.14. The van der Waals surface area contributed by atoms with Gasteiger partial charge in [-0.3, -0.25) is 53.0 Å². The Balaban J connectivity index is 0.000000361. The molecule has 4 fully saturated rings. The molecule has 3 aromatic carbocycles. The zero-order chi connectivity index (χ0) is 83.1. The molecule has 9 amide bonds. The van der Waals surface area contributed by atoms with Gasteiger partial charge in [0.1, 0.15) is 35.6 Å². The van der Waals surface area contributed by atoms with Crippen molar-refractivity contribution in [1.29, 1.82) is 0 Å². The number of primary amides is 1. The van der Waals surface area contributed by atoms with Crippen molar-refractivity contribution in [3.63, 3.8) is 0 Å². The Bertz CT molecular complexity index is 3900. The van der Waals surface area contributed by atoms with Gasteiger partial charge < -0.3 is 109 Å². The molecule has 0 radical (unpaired) electrons. The van der Waals surface area contributed by atoms with Crippen LogP contribution >= 0.6 is 0 Å². The molecule has 4 heterocycles.